The van der Waals surface area contributed by atoms with Gasteiger partial charge in [0, 0.05) is 25.6 Å². The molecule has 3 heteroatoms. The molecule has 3 aromatic carbocycles. The largest absolute Gasteiger partial charge is 0.385 e. The molecule has 2 unspecified atom stereocenters. The predicted molar refractivity (Wildman–Crippen MR) is 110 cm³/mol. The molecule has 1 heterocycles. The van der Waals surface area contributed by atoms with Gasteiger partial charge in [-0.25, -0.2) is 4.39 Å². The summed E-state index contributed by atoms with van der Waals surface area (Å²) in [5.74, 6) is -0.230. The molecule has 28 heavy (non-hydrogen) atoms. The van der Waals surface area contributed by atoms with Gasteiger partial charge < -0.3 is 5.11 Å². The molecule has 1 fully saturated rings. The van der Waals surface area contributed by atoms with Crippen LogP contribution in [0.4, 0.5) is 4.39 Å². The zero-order chi connectivity index (χ0) is 19.4. The molecule has 3 aromatic rings. The minimum atomic E-state index is -0.948. The van der Waals surface area contributed by atoms with E-state index >= 15 is 0 Å². The second-order valence-electron chi connectivity index (χ2n) is 7.79. The normalized spacial score (nSPS) is 22.9. The van der Waals surface area contributed by atoms with Crippen LogP contribution in [-0.4, -0.2) is 23.1 Å². The lowest BCUT2D eigenvalue weighted by atomic mass is 9.73. The van der Waals surface area contributed by atoms with E-state index in [-0.39, 0.29) is 11.7 Å². The van der Waals surface area contributed by atoms with Gasteiger partial charge in [-0.2, -0.15) is 0 Å². The van der Waals surface area contributed by atoms with Crippen molar-refractivity contribution in [2.75, 3.05) is 13.1 Å². The van der Waals surface area contributed by atoms with Gasteiger partial charge in [-0.1, -0.05) is 72.8 Å². The summed E-state index contributed by atoms with van der Waals surface area (Å²) in [7, 11) is 0. The van der Waals surface area contributed by atoms with E-state index in [0.29, 0.717) is 6.42 Å². The van der Waals surface area contributed by atoms with Gasteiger partial charge in [0.15, 0.2) is 0 Å². The summed E-state index contributed by atoms with van der Waals surface area (Å²) >= 11 is 0. The average molecular weight is 375 g/mol. The fraction of sp³-hybridized carbons (Fsp3) is 0.280. The monoisotopic (exact) mass is 375 g/mol. The van der Waals surface area contributed by atoms with Crippen LogP contribution in [0.15, 0.2) is 84.9 Å². The summed E-state index contributed by atoms with van der Waals surface area (Å²) in [5.41, 5.74) is 2.37. The van der Waals surface area contributed by atoms with Gasteiger partial charge >= 0.3 is 0 Å². The highest BCUT2D eigenvalue weighted by atomic mass is 19.1. The van der Waals surface area contributed by atoms with E-state index in [0.717, 1.165) is 31.6 Å². The van der Waals surface area contributed by atoms with Crippen molar-refractivity contribution >= 4 is 0 Å². The first kappa shape index (κ1) is 18.9. The molecule has 1 aliphatic rings. The summed E-state index contributed by atoms with van der Waals surface area (Å²) in [4.78, 5) is 2.42. The molecule has 0 saturated carbocycles. The highest BCUT2D eigenvalue weighted by Gasteiger charge is 2.42. The lowest BCUT2D eigenvalue weighted by molar-refractivity contribution is -0.0797. The maximum absolute atomic E-state index is 13.4. The van der Waals surface area contributed by atoms with E-state index in [1.807, 2.05) is 24.3 Å². The Labute approximate surface area is 166 Å². The van der Waals surface area contributed by atoms with Gasteiger partial charge in [-0.05, 0) is 41.7 Å². The van der Waals surface area contributed by atoms with E-state index in [9.17, 15) is 9.50 Å². The molecule has 2 atom stereocenters. The first-order valence-corrected chi connectivity index (χ1v) is 9.92. The molecule has 1 saturated heterocycles. The minimum absolute atomic E-state index is 0.0397. The Bertz CT molecular complexity index is 881. The van der Waals surface area contributed by atoms with Gasteiger partial charge in [0.1, 0.15) is 5.82 Å². The molecular formula is C25H26FNO. The lowest BCUT2D eigenvalue weighted by Crippen LogP contribution is -2.50. The predicted octanol–water partition coefficient (Wildman–Crippen LogP) is 4.78. The summed E-state index contributed by atoms with van der Waals surface area (Å²) in [6.07, 6.45) is 1.43. The minimum Gasteiger partial charge on any atom is -0.385 e. The van der Waals surface area contributed by atoms with Gasteiger partial charge in [0.05, 0.1) is 5.60 Å². The van der Waals surface area contributed by atoms with Crippen molar-refractivity contribution in [2.24, 2.45) is 5.92 Å². The standard InChI is InChI=1S/C25H26FNO/c26-24-13-11-22(12-14-24)25(28)15-16-27(18-21-9-5-2-6-10-21)19-23(25)17-20-7-3-1-4-8-20/h1-14,23,28H,15-19H2. The van der Waals surface area contributed by atoms with Crippen molar-refractivity contribution in [3.8, 4) is 0 Å². The molecule has 1 N–H and O–H groups in total. The van der Waals surface area contributed by atoms with Crippen molar-refractivity contribution in [2.45, 2.75) is 25.0 Å². The van der Waals surface area contributed by atoms with Crippen LogP contribution in [-0.2, 0) is 18.6 Å². The van der Waals surface area contributed by atoms with Gasteiger partial charge in [0.25, 0.3) is 0 Å². The number of aliphatic hydroxyl groups is 1. The third-order valence-corrected chi connectivity index (χ3v) is 5.88. The van der Waals surface area contributed by atoms with Crippen LogP contribution in [0, 0.1) is 11.7 Å². The third kappa shape index (κ3) is 4.16. The fourth-order valence-electron chi connectivity index (χ4n) is 4.32. The number of benzene rings is 3. The van der Waals surface area contributed by atoms with Crippen molar-refractivity contribution in [3.63, 3.8) is 0 Å². The van der Waals surface area contributed by atoms with Gasteiger partial charge in [-0.15, -0.1) is 0 Å². The van der Waals surface area contributed by atoms with Crippen LogP contribution in [0.5, 0.6) is 0 Å². The molecule has 0 spiro atoms. The molecule has 2 nitrogen and oxygen atoms in total. The Morgan fingerprint density at radius 2 is 1.46 bits per heavy atom. The number of nitrogens with zero attached hydrogens (tertiary/aromatic N) is 1. The molecule has 0 aliphatic carbocycles. The zero-order valence-electron chi connectivity index (χ0n) is 16.0. The topological polar surface area (TPSA) is 23.5 Å². The van der Waals surface area contributed by atoms with E-state index in [1.165, 1.54) is 23.3 Å². The molecular weight excluding hydrogens is 349 g/mol. The zero-order valence-corrected chi connectivity index (χ0v) is 16.0. The van der Waals surface area contributed by atoms with Crippen molar-refractivity contribution in [3.05, 3.63) is 107 Å². The second kappa shape index (κ2) is 8.26. The van der Waals surface area contributed by atoms with Crippen LogP contribution >= 0.6 is 0 Å². The molecule has 0 radical (unpaired) electrons. The van der Waals surface area contributed by atoms with Crippen molar-refractivity contribution in [1.29, 1.82) is 0 Å². The van der Waals surface area contributed by atoms with Crippen molar-refractivity contribution in [1.82, 2.24) is 4.90 Å². The second-order valence-corrected chi connectivity index (χ2v) is 7.79. The quantitative estimate of drug-likeness (QED) is 0.694. The van der Waals surface area contributed by atoms with Crippen LogP contribution in [0.1, 0.15) is 23.1 Å². The molecule has 4 rings (SSSR count). The molecule has 0 bridgehead atoms. The van der Waals surface area contributed by atoms with Crippen LogP contribution in [0.3, 0.4) is 0 Å². The summed E-state index contributed by atoms with van der Waals surface area (Å²) < 4.78 is 13.4. The van der Waals surface area contributed by atoms with E-state index in [4.69, 9.17) is 0 Å². The average Bonchev–Trinajstić information content (AvgIpc) is 2.73. The Morgan fingerprint density at radius 3 is 2.11 bits per heavy atom. The maximum Gasteiger partial charge on any atom is 0.123 e. The van der Waals surface area contributed by atoms with E-state index < -0.39 is 5.60 Å². The first-order chi connectivity index (χ1) is 13.6. The summed E-state index contributed by atoms with van der Waals surface area (Å²) in [6, 6.07) is 27.1. The Morgan fingerprint density at radius 1 is 0.857 bits per heavy atom. The highest BCUT2D eigenvalue weighted by Crippen LogP contribution is 2.39. The Kier molecular flexibility index (Phi) is 5.56. The summed E-state index contributed by atoms with van der Waals surface area (Å²) in [6.45, 7) is 2.50. The van der Waals surface area contributed by atoms with Crippen LogP contribution in [0.25, 0.3) is 0 Å². The first-order valence-electron chi connectivity index (χ1n) is 9.92. The maximum atomic E-state index is 13.4. The summed E-state index contributed by atoms with van der Waals surface area (Å²) in [5, 5.41) is 11.7. The van der Waals surface area contributed by atoms with Crippen LogP contribution in [0.2, 0.25) is 0 Å². The third-order valence-electron chi connectivity index (χ3n) is 5.88. The highest BCUT2D eigenvalue weighted by molar-refractivity contribution is 5.27. The van der Waals surface area contributed by atoms with Crippen molar-refractivity contribution < 1.29 is 9.50 Å². The number of likely N-dealkylation sites (tertiary alicyclic amines) is 1. The van der Waals surface area contributed by atoms with Gasteiger partial charge in [-0.3, -0.25) is 4.90 Å². The molecule has 0 amide bonds. The van der Waals surface area contributed by atoms with Crippen LogP contribution < -0.4 is 0 Å². The smallest absolute Gasteiger partial charge is 0.123 e. The number of piperidine rings is 1. The van der Waals surface area contributed by atoms with E-state index in [1.54, 1.807) is 12.1 Å². The van der Waals surface area contributed by atoms with E-state index in [2.05, 4.69) is 41.3 Å². The Hall–Kier alpha value is -2.49. The number of hydrogen-bond acceptors (Lipinski definition) is 2. The molecule has 0 aromatic heterocycles. The fourth-order valence-corrected chi connectivity index (χ4v) is 4.32. The van der Waals surface area contributed by atoms with Gasteiger partial charge in [0.2, 0.25) is 0 Å². The SMILES string of the molecule is OC1(c2ccc(F)cc2)CCN(Cc2ccccc2)CC1Cc1ccccc1. The molecule has 144 valence electrons. The lowest BCUT2D eigenvalue weighted by Gasteiger charge is -2.45. The number of rotatable bonds is 5. The number of hydrogen-bond donors (Lipinski definition) is 1. The Balaban J connectivity index is 1.59. The molecule has 1 aliphatic heterocycles. The number of halogens is 1.